The number of hydrogen-bond donors (Lipinski definition) is 3. The van der Waals surface area contributed by atoms with Crippen LogP contribution in [-0.4, -0.2) is 23.1 Å². The van der Waals surface area contributed by atoms with Crippen molar-refractivity contribution in [3.8, 4) is 5.75 Å². The second kappa shape index (κ2) is 8.43. The fourth-order valence-corrected chi connectivity index (χ4v) is 2.39. The molecule has 2 aromatic carbocycles. The molecule has 0 aromatic heterocycles. The van der Waals surface area contributed by atoms with E-state index in [-0.39, 0.29) is 12.2 Å². The number of aryl methyl sites for hydroxylation is 2. The van der Waals surface area contributed by atoms with Crippen molar-refractivity contribution >= 4 is 39.6 Å². The summed E-state index contributed by atoms with van der Waals surface area (Å²) in [7, 11) is 0. The number of benzene rings is 2. The van der Waals surface area contributed by atoms with Gasteiger partial charge in [0, 0.05) is 5.69 Å². The summed E-state index contributed by atoms with van der Waals surface area (Å²) in [4.78, 5) is 23.6. The van der Waals surface area contributed by atoms with Gasteiger partial charge in [-0.1, -0.05) is 6.07 Å². The molecule has 0 saturated carbocycles. The molecule has 0 spiro atoms. The van der Waals surface area contributed by atoms with Crippen LogP contribution in [0.1, 0.15) is 23.1 Å². The van der Waals surface area contributed by atoms with Gasteiger partial charge in [0.25, 0.3) is 0 Å². The summed E-state index contributed by atoms with van der Waals surface area (Å²) < 4.78 is 0.524. The molecule has 0 radical (unpaired) electrons. The highest BCUT2D eigenvalue weighted by Crippen LogP contribution is 2.23. The number of phenols is 1. The van der Waals surface area contributed by atoms with Gasteiger partial charge in [-0.15, -0.1) is 0 Å². The predicted molar refractivity (Wildman–Crippen MR) is 101 cm³/mol. The lowest BCUT2D eigenvalue weighted by Crippen LogP contribution is -2.24. The van der Waals surface area contributed by atoms with Crippen molar-refractivity contribution < 1.29 is 14.7 Å². The zero-order valence-corrected chi connectivity index (χ0v) is 15.4. The van der Waals surface area contributed by atoms with Gasteiger partial charge >= 0.3 is 0 Å². The standard InChI is InChI=1S/C18H18BrN3O3/c1-11-3-5-14(7-12(11)2)21-17(24)9-18(25)22-20-10-13-4-6-16(23)15(19)8-13/h3-8,10,23H,9H2,1-2H3,(H,21,24)(H,22,25). The Kier molecular flexibility index (Phi) is 6.30. The third-order valence-electron chi connectivity index (χ3n) is 3.49. The van der Waals surface area contributed by atoms with Gasteiger partial charge in [0.1, 0.15) is 12.2 Å². The van der Waals surface area contributed by atoms with E-state index >= 15 is 0 Å². The number of halogens is 1. The molecule has 0 atom stereocenters. The molecular formula is C18H18BrN3O3. The van der Waals surface area contributed by atoms with Crippen LogP contribution in [0.4, 0.5) is 5.69 Å². The summed E-state index contributed by atoms with van der Waals surface area (Å²) >= 11 is 3.19. The monoisotopic (exact) mass is 403 g/mol. The molecule has 25 heavy (non-hydrogen) atoms. The fraction of sp³-hybridized carbons (Fsp3) is 0.167. The quantitative estimate of drug-likeness (QED) is 0.406. The SMILES string of the molecule is Cc1ccc(NC(=O)CC(=O)NN=Cc2ccc(O)c(Br)c2)cc1C. The molecule has 7 heteroatoms. The summed E-state index contributed by atoms with van der Waals surface area (Å²) in [5, 5.41) is 15.9. The van der Waals surface area contributed by atoms with E-state index in [1.54, 1.807) is 18.2 Å². The molecule has 0 aliphatic carbocycles. The Morgan fingerprint density at radius 3 is 2.56 bits per heavy atom. The Bertz CT molecular complexity index is 834. The maximum absolute atomic E-state index is 11.9. The molecule has 130 valence electrons. The average Bonchev–Trinajstić information content (AvgIpc) is 2.54. The second-order valence-electron chi connectivity index (χ2n) is 5.53. The predicted octanol–water partition coefficient (Wildman–Crippen LogP) is 3.25. The van der Waals surface area contributed by atoms with Gasteiger partial charge < -0.3 is 10.4 Å². The van der Waals surface area contributed by atoms with Crippen molar-refractivity contribution in [2.45, 2.75) is 20.3 Å². The zero-order valence-electron chi connectivity index (χ0n) is 13.8. The van der Waals surface area contributed by atoms with E-state index in [0.717, 1.165) is 11.1 Å². The number of anilines is 1. The van der Waals surface area contributed by atoms with Gasteiger partial charge in [0.15, 0.2) is 0 Å². The largest absolute Gasteiger partial charge is 0.507 e. The van der Waals surface area contributed by atoms with E-state index in [0.29, 0.717) is 15.7 Å². The maximum atomic E-state index is 11.9. The summed E-state index contributed by atoms with van der Waals surface area (Å²) in [6, 6.07) is 10.3. The molecule has 3 N–H and O–H groups in total. The smallest absolute Gasteiger partial charge is 0.249 e. The number of phenolic OH excluding ortho intramolecular Hbond substituents is 1. The first kappa shape index (κ1) is 18.7. The molecule has 2 rings (SSSR count). The number of carbonyl (C=O) groups excluding carboxylic acids is 2. The van der Waals surface area contributed by atoms with Gasteiger partial charge in [-0.05, 0) is 76.8 Å². The van der Waals surface area contributed by atoms with Crippen LogP contribution >= 0.6 is 15.9 Å². The number of amides is 2. The molecule has 6 nitrogen and oxygen atoms in total. The van der Waals surface area contributed by atoms with Gasteiger partial charge in [0.05, 0.1) is 10.7 Å². The van der Waals surface area contributed by atoms with Crippen molar-refractivity contribution in [1.29, 1.82) is 0 Å². The Balaban J connectivity index is 1.84. The Labute approximate surface area is 154 Å². The third-order valence-corrected chi connectivity index (χ3v) is 4.12. The van der Waals surface area contributed by atoms with Crippen LogP contribution in [-0.2, 0) is 9.59 Å². The number of hydrogen-bond acceptors (Lipinski definition) is 4. The topological polar surface area (TPSA) is 90.8 Å². The number of aromatic hydroxyl groups is 1. The van der Waals surface area contributed by atoms with Crippen LogP contribution in [0.2, 0.25) is 0 Å². The first-order valence-corrected chi connectivity index (χ1v) is 8.32. The molecule has 0 unspecified atom stereocenters. The van der Waals surface area contributed by atoms with Crippen molar-refractivity contribution in [1.82, 2.24) is 5.43 Å². The Morgan fingerprint density at radius 2 is 1.88 bits per heavy atom. The normalized spacial score (nSPS) is 10.7. The zero-order chi connectivity index (χ0) is 18.4. The molecular weight excluding hydrogens is 386 g/mol. The van der Waals surface area contributed by atoms with Gasteiger partial charge in [-0.25, -0.2) is 5.43 Å². The molecule has 0 saturated heterocycles. The van der Waals surface area contributed by atoms with Crippen LogP contribution in [0.15, 0.2) is 46.0 Å². The lowest BCUT2D eigenvalue weighted by atomic mass is 10.1. The highest BCUT2D eigenvalue weighted by molar-refractivity contribution is 9.10. The summed E-state index contributed by atoms with van der Waals surface area (Å²) in [5.41, 5.74) is 5.82. The summed E-state index contributed by atoms with van der Waals surface area (Å²) in [5.74, 6) is -0.817. The van der Waals surface area contributed by atoms with E-state index in [4.69, 9.17) is 0 Å². The first-order chi connectivity index (χ1) is 11.8. The van der Waals surface area contributed by atoms with Crippen molar-refractivity contribution in [2.75, 3.05) is 5.32 Å². The van der Waals surface area contributed by atoms with Gasteiger partial charge in [-0.2, -0.15) is 5.10 Å². The van der Waals surface area contributed by atoms with E-state index < -0.39 is 11.8 Å². The minimum absolute atomic E-state index is 0.115. The Morgan fingerprint density at radius 1 is 1.12 bits per heavy atom. The first-order valence-electron chi connectivity index (χ1n) is 7.52. The fourth-order valence-electron chi connectivity index (χ4n) is 1.99. The van der Waals surface area contributed by atoms with Gasteiger partial charge in [-0.3, -0.25) is 9.59 Å². The van der Waals surface area contributed by atoms with E-state index in [2.05, 4.69) is 31.8 Å². The number of rotatable bonds is 5. The highest BCUT2D eigenvalue weighted by Gasteiger charge is 2.09. The average molecular weight is 404 g/mol. The number of carbonyl (C=O) groups is 2. The van der Waals surface area contributed by atoms with E-state index in [9.17, 15) is 14.7 Å². The van der Waals surface area contributed by atoms with Gasteiger partial charge in [0.2, 0.25) is 11.8 Å². The highest BCUT2D eigenvalue weighted by atomic mass is 79.9. The number of nitrogens with zero attached hydrogens (tertiary/aromatic N) is 1. The molecule has 0 aliphatic rings. The van der Waals surface area contributed by atoms with Crippen LogP contribution < -0.4 is 10.7 Å². The van der Waals surface area contributed by atoms with Crippen molar-refractivity contribution in [3.05, 3.63) is 57.6 Å². The summed E-state index contributed by atoms with van der Waals surface area (Å²) in [6.07, 6.45) is 1.09. The molecule has 0 aliphatic heterocycles. The molecule has 0 fully saturated rings. The van der Waals surface area contributed by atoms with Crippen LogP contribution in [0.5, 0.6) is 5.75 Å². The summed E-state index contributed by atoms with van der Waals surface area (Å²) in [6.45, 7) is 3.94. The molecule has 0 bridgehead atoms. The van der Waals surface area contributed by atoms with Crippen molar-refractivity contribution in [3.63, 3.8) is 0 Å². The maximum Gasteiger partial charge on any atom is 0.249 e. The lowest BCUT2D eigenvalue weighted by molar-refractivity contribution is -0.126. The van der Waals surface area contributed by atoms with Crippen LogP contribution in [0, 0.1) is 13.8 Å². The van der Waals surface area contributed by atoms with Crippen molar-refractivity contribution in [2.24, 2.45) is 5.10 Å². The van der Waals surface area contributed by atoms with Crippen LogP contribution in [0.25, 0.3) is 0 Å². The molecule has 2 aromatic rings. The molecule has 2 amide bonds. The minimum Gasteiger partial charge on any atom is -0.507 e. The van der Waals surface area contributed by atoms with E-state index in [1.165, 1.54) is 12.3 Å². The Hall–Kier alpha value is -2.67. The van der Waals surface area contributed by atoms with E-state index in [1.807, 2.05) is 26.0 Å². The minimum atomic E-state index is -0.518. The van der Waals surface area contributed by atoms with Crippen LogP contribution in [0.3, 0.4) is 0 Å². The lowest BCUT2D eigenvalue weighted by Gasteiger charge is -2.07. The number of nitrogens with one attached hydrogen (secondary N) is 2. The second-order valence-corrected chi connectivity index (χ2v) is 6.38. The third kappa shape index (κ3) is 5.72. The molecule has 0 heterocycles. The number of hydrazone groups is 1.